The number of piperazine rings is 2. The van der Waals surface area contributed by atoms with Crippen molar-refractivity contribution in [3.8, 4) is 0 Å². The van der Waals surface area contributed by atoms with Crippen LogP contribution in [0, 0.1) is 0 Å². The van der Waals surface area contributed by atoms with Crippen LogP contribution in [0.25, 0.3) is 0 Å². The Morgan fingerprint density at radius 1 is 0.400 bits per heavy atom. The Morgan fingerprint density at radius 3 is 0.600 bits per heavy atom. The molecule has 0 unspecified atom stereocenters. The number of halogens is 2. The van der Waals surface area contributed by atoms with E-state index < -0.39 is 0 Å². The molecular weight excluding hydrogens is 239 g/mol. The minimum absolute atomic E-state index is 0. The average Bonchev–Trinajstić information content (AvgIpc) is 2.24. The van der Waals surface area contributed by atoms with E-state index in [1.807, 2.05) is 0 Å². The molecule has 2 rings (SSSR count). The smallest absolute Gasteiger partial charge is 0.00772 e. The lowest BCUT2D eigenvalue weighted by molar-refractivity contribution is 0.534. The highest BCUT2D eigenvalue weighted by Gasteiger charge is 1.92. The van der Waals surface area contributed by atoms with Crippen molar-refractivity contribution in [1.29, 1.82) is 0 Å². The number of hydrogen-bond acceptors (Lipinski definition) is 4. The highest BCUT2D eigenvalue weighted by Crippen LogP contribution is 1.65. The van der Waals surface area contributed by atoms with Crippen LogP contribution in [0.5, 0.6) is 0 Å². The molecule has 0 aliphatic carbocycles. The Bertz CT molecular complexity index is 67.6. The maximum Gasteiger partial charge on any atom is 0.00772 e. The minimum atomic E-state index is 0. The second kappa shape index (κ2) is 16.8. The van der Waals surface area contributed by atoms with E-state index in [-0.39, 0.29) is 30.3 Å². The van der Waals surface area contributed by atoms with Crippen LogP contribution in [0.1, 0.15) is 0 Å². The predicted molar refractivity (Wildman–Crippen MR) is 69.6 cm³/mol. The standard InChI is InChI=1S/2C4H10N2.2ClH.H2O/c2*1-2-6-4-3-5-1;;;/h2*5-6H,1-4H2;2*1H;1H2. The van der Waals surface area contributed by atoms with Gasteiger partial charge in [0.1, 0.15) is 0 Å². The molecule has 15 heavy (non-hydrogen) atoms. The maximum absolute atomic E-state index is 3.22. The van der Waals surface area contributed by atoms with Gasteiger partial charge in [-0.15, -0.1) is 24.8 Å². The molecule has 2 heterocycles. The predicted octanol–water partition coefficient (Wildman–Crippen LogP) is -1.62. The van der Waals surface area contributed by atoms with E-state index in [1.54, 1.807) is 0 Å². The Morgan fingerprint density at radius 2 is 0.533 bits per heavy atom. The van der Waals surface area contributed by atoms with E-state index >= 15 is 0 Å². The third-order valence-corrected chi connectivity index (χ3v) is 1.91. The zero-order valence-electron chi connectivity index (χ0n) is 8.97. The van der Waals surface area contributed by atoms with E-state index in [4.69, 9.17) is 0 Å². The Hall–Kier alpha value is 0.380. The van der Waals surface area contributed by atoms with E-state index in [2.05, 4.69) is 21.3 Å². The third-order valence-electron chi connectivity index (χ3n) is 1.91. The zero-order valence-corrected chi connectivity index (χ0v) is 10.6. The molecule has 7 heteroatoms. The summed E-state index contributed by atoms with van der Waals surface area (Å²) < 4.78 is 0. The van der Waals surface area contributed by atoms with Crippen molar-refractivity contribution in [3.63, 3.8) is 0 Å². The topological polar surface area (TPSA) is 79.6 Å². The molecule has 0 bridgehead atoms. The highest BCUT2D eigenvalue weighted by molar-refractivity contribution is 5.85. The number of rotatable bonds is 0. The van der Waals surface area contributed by atoms with E-state index in [1.165, 1.54) is 0 Å². The number of hydrogen-bond donors (Lipinski definition) is 4. The van der Waals surface area contributed by atoms with Crippen molar-refractivity contribution in [2.24, 2.45) is 0 Å². The third kappa shape index (κ3) is 14.4. The fraction of sp³-hybridized carbons (Fsp3) is 1.00. The van der Waals surface area contributed by atoms with E-state index in [0.717, 1.165) is 52.4 Å². The van der Waals surface area contributed by atoms with Crippen LogP contribution in [0.3, 0.4) is 0 Å². The van der Waals surface area contributed by atoms with Gasteiger partial charge in [0, 0.05) is 52.4 Å². The highest BCUT2D eigenvalue weighted by atomic mass is 35.5. The molecule has 5 nitrogen and oxygen atoms in total. The summed E-state index contributed by atoms with van der Waals surface area (Å²) >= 11 is 0. The molecule has 0 amide bonds. The van der Waals surface area contributed by atoms with Gasteiger partial charge in [-0.05, 0) is 0 Å². The molecule has 2 aliphatic heterocycles. The second-order valence-corrected chi connectivity index (χ2v) is 3.00. The van der Waals surface area contributed by atoms with Gasteiger partial charge in [-0.25, -0.2) is 0 Å². The van der Waals surface area contributed by atoms with Gasteiger partial charge in [-0.2, -0.15) is 0 Å². The molecule has 0 saturated carbocycles. The molecule has 0 radical (unpaired) electrons. The lowest BCUT2D eigenvalue weighted by atomic mass is 10.4. The van der Waals surface area contributed by atoms with Crippen molar-refractivity contribution in [2.45, 2.75) is 0 Å². The van der Waals surface area contributed by atoms with Gasteiger partial charge in [0.05, 0.1) is 0 Å². The first-order valence-electron chi connectivity index (χ1n) is 4.83. The maximum atomic E-state index is 3.22. The SMILES string of the molecule is C1CNCCN1.C1CNCCN1.Cl.Cl.O. The van der Waals surface area contributed by atoms with Crippen LogP contribution >= 0.6 is 24.8 Å². The molecule has 0 aromatic carbocycles. The van der Waals surface area contributed by atoms with Gasteiger partial charge >= 0.3 is 0 Å². The Balaban J connectivity index is -0.000000160. The normalized spacial score (nSPS) is 19.2. The van der Waals surface area contributed by atoms with Crippen LogP contribution in [0.15, 0.2) is 0 Å². The van der Waals surface area contributed by atoms with Gasteiger partial charge in [0.2, 0.25) is 0 Å². The molecule has 96 valence electrons. The monoisotopic (exact) mass is 262 g/mol. The molecule has 0 aromatic rings. The van der Waals surface area contributed by atoms with Crippen LogP contribution < -0.4 is 21.3 Å². The summed E-state index contributed by atoms with van der Waals surface area (Å²) in [6.07, 6.45) is 0. The molecule has 2 aliphatic rings. The van der Waals surface area contributed by atoms with Crippen molar-refractivity contribution >= 4 is 24.8 Å². The lowest BCUT2D eigenvalue weighted by Gasteiger charge is -2.11. The van der Waals surface area contributed by atoms with Gasteiger partial charge in [0.15, 0.2) is 0 Å². The summed E-state index contributed by atoms with van der Waals surface area (Å²) in [4.78, 5) is 0. The average molecular weight is 263 g/mol. The van der Waals surface area contributed by atoms with Crippen LogP contribution in [-0.4, -0.2) is 57.8 Å². The van der Waals surface area contributed by atoms with Gasteiger partial charge in [-0.3, -0.25) is 0 Å². The van der Waals surface area contributed by atoms with Crippen molar-refractivity contribution in [2.75, 3.05) is 52.4 Å². The lowest BCUT2D eigenvalue weighted by Crippen LogP contribution is -2.39. The first-order chi connectivity index (χ1) is 6.00. The molecule has 6 N–H and O–H groups in total. The minimum Gasteiger partial charge on any atom is -0.412 e. The van der Waals surface area contributed by atoms with Crippen molar-refractivity contribution in [3.05, 3.63) is 0 Å². The Kier molecular flexibility index (Phi) is 23.2. The largest absolute Gasteiger partial charge is 0.412 e. The van der Waals surface area contributed by atoms with Crippen LogP contribution in [0.4, 0.5) is 0 Å². The summed E-state index contributed by atoms with van der Waals surface area (Å²) in [6, 6.07) is 0. The summed E-state index contributed by atoms with van der Waals surface area (Å²) in [5, 5.41) is 12.9. The van der Waals surface area contributed by atoms with E-state index in [0.29, 0.717) is 0 Å². The van der Waals surface area contributed by atoms with Crippen molar-refractivity contribution < 1.29 is 5.48 Å². The molecule has 2 fully saturated rings. The summed E-state index contributed by atoms with van der Waals surface area (Å²) in [6.45, 7) is 9.11. The first-order valence-corrected chi connectivity index (χ1v) is 4.83. The van der Waals surface area contributed by atoms with Crippen LogP contribution in [-0.2, 0) is 0 Å². The summed E-state index contributed by atoms with van der Waals surface area (Å²) in [5.74, 6) is 0. The fourth-order valence-electron chi connectivity index (χ4n) is 1.21. The first kappa shape index (κ1) is 20.8. The fourth-order valence-corrected chi connectivity index (χ4v) is 1.21. The van der Waals surface area contributed by atoms with Crippen molar-refractivity contribution in [1.82, 2.24) is 21.3 Å². The summed E-state index contributed by atoms with van der Waals surface area (Å²) in [5.41, 5.74) is 0. The second-order valence-electron chi connectivity index (χ2n) is 3.00. The van der Waals surface area contributed by atoms with Gasteiger partial charge in [-0.1, -0.05) is 0 Å². The molecule has 0 spiro atoms. The number of nitrogens with one attached hydrogen (secondary N) is 4. The summed E-state index contributed by atoms with van der Waals surface area (Å²) in [7, 11) is 0. The van der Waals surface area contributed by atoms with Gasteiger partial charge < -0.3 is 26.7 Å². The zero-order chi connectivity index (χ0) is 8.49. The molecular formula is C8H24Cl2N4O. The van der Waals surface area contributed by atoms with E-state index in [9.17, 15) is 0 Å². The molecule has 0 atom stereocenters. The van der Waals surface area contributed by atoms with Crippen LogP contribution in [0.2, 0.25) is 0 Å². The quantitative estimate of drug-likeness (QED) is 0.423. The molecule has 2 saturated heterocycles. The van der Waals surface area contributed by atoms with Gasteiger partial charge in [0.25, 0.3) is 0 Å². The Labute approximate surface area is 104 Å². The molecule has 0 aromatic heterocycles.